The predicted molar refractivity (Wildman–Crippen MR) is 81.0 cm³/mol. The van der Waals surface area contributed by atoms with Crippen molar-refractivity contribution in [3.63, 3.8) is 0 Å². The van der Waals surface area contributed by atoms with Gasteiger partial charge in [-0.3, -0.25) is 9.59 Å². The fourth-order valence-electron chi connectivity index (χ4n) is 2.58. The Morgan fingerprint density at radius 3 is 2.29 bits per heavy atom. The molecule has 0 aliphatic carbocycles. The number of carbonyl (C=O) groups excluding carboxylic acids is 2. The number of carbonyl (C=O) groups is 2. The predicted octanol–water partition coefficient (Wildman–Crippen LogP) is 1.82. The summed E-state index contributed by atoms with van der Waals surface area (Å²) in [5.74, 6) is 0.0133. The first-order valence-electron chi connectivity index (χ1n) is 7.24. The van der Waals surface area contributed by atoms with Gasteiger partial charge in [0.05, 0.1) is 18.6 Å². The molecule has 1 aliphatic rings. The van der Waals surface area contributed by atoms with Crippen molar-refractivity contribution in [2.45, 2.75) is 39.4 Å². The highest BCUT2D eigenvalue weighted by molar-refractivity contribution is 5.88. The maximum atomic E-state index is 12.3. The molecule has 1 saturated heterocycles. The molecule has 0 aromatic heterocycles. The van der Waals surface area contributed by atoms with Gasteiger partial charge in [-0.15, -0.1) is 0 Å². The van der Waals surface area contributed by atoms with Gasteiger partial charge in [0.1, 0.15) is 0 Å². The molecule has 21 heavy (non-hydrogen) atoms. The van der Waals surface area contributed by atoms with Crippen molar-refractivity contribution in [2.24, 2.45) is 0 Å². The van der Waals surface area contributed by atoms with Crippen molar-refractivity contribution >= 4 is 17.5 Å². The number of benzene rings is 1. The van der Waals surface area contributed by atoms with Crippen molar-refractivity contribution < 1.29 is 14.3 Å². The standard InChI is InChI=1S/C16H22N2O3/c1-11-9-18(10-12(2)21-11)16(20)8-14-4-6-15(7-5-14)17-13(3)19/h4-7,11-12H,8-10H2,1-3H3,(H,17,19)/t11-,12-/m1/s1. The molecule has 5 heteroatoms. The zero-order chi connectivity index (χ0) is 15.4. The normalized spacial score (nSPS) is 22.0. The average Bonchev–Trinajstić information content (AvgIpc) is 2.39. The van der Waals surface area contributed by atoms with E-state index in [4.69, 9.17) is 4.74 Å². The van der Waals surface area contributed by atoms with Crippen LogP contribution >= 0.6 is 0 Å². The van der Waals surface area contributed by atoms with Crippen LogP contribution in [0.5, 0.6) is 0 Å². The second-order valence-corrected chi connectivity index (χ2v) is 5.61. The smallest absolute Gasteiger partial charge is 0.227 e. The van der Waals surface area contributed by atoms with E-state index < -0.39 is 0 Å². The Morgan fingerprint density at radius 1 is 1.19 bits per heavy atom. The largest absolute Gasteiger partial charge is 0.372 e. The summed E-state index contributed by atoms with van der Waals surface area (Å²) in [6.07, 6.45) is 0.541. The molecular formula is C16H22N2O3. The third-order valence-corrected chi connectivity index (χ3v) is 3.40. The van der Waals surface area contributed by atoms with Crippen LogP contribution < -0.4 is 5.32 Å². The highest BCUT2D eigenvalue weighted by atomic mass is 16.5. The molecule has 2 amide bonds. The van der Waals surface area contributed by atoms with Gasteiger partial charge >= 0.3 is 0 Å². The van der Waals surface area contributed by atoms with Gasteiger partial charge in [0.2, 0.25) is 11.8 Å². The van der Waals surface area contributed by atoms with Crippen molar-refractivity contribution in [1.29, 1.82) is 0 Å². The molecule has 1 fully saturated rings. The summed E-state index contributed by atoms with van der Waals surface area (Å²) in [7, 11) is 0. The second kappa shape index (κ2) is 6.72. The van der Waals surface area contributed by atoms with Crippen LogP contribution in [0.25, 0.3) is 0 Å². The molecule has 1 aromatic carbocycles. The van der Waals surface area contributed by atoms with Crippen LogP contribution in [0.1, 0.15) is 26.3 Å². The molecule has 1 aliphatic heterocycles. The average molecular weight is 290 g/mol. The number of rotatable bonds is 3. The van der Waals surface area contributed by atoms with Gasteiger partial charge in [-0.25, -0.2) is 0 Å². The van der Waals surface area contributed by atoms with Gasteiger partial charge < -0.3 is 15.0 Å². The topological polar surface area (TPSA) is 58.6 Å². The fourth-order valence-corrected chi connectivity index (χ4v) is 2.58. The lowest BCUT2D eigenvalue weighted by Gasteiger charge is -2.35. The molecule has 114 valence electrons. The molecule has 0 saturated carbocycles. The minimum Gasteiger partial charge on any atom is -0.372 e. The molecular weight excluding hydrogens is 268 g/mol. The lowest BCUT2D eigenvalue weighted by Crippen LogP contribution is -2.48. The van der Waals surface area contributed by atoms with E-state index >= 15 is 0 Å². The maximum Gasteiger partial charge on any atom is 0.227 e. The number of morpholine rings is 1. The Labute approximate surface area is 125 Å². The monoisotopic (exact) mass is 290 g/mol. The Morgan fingerprint density at radius 2 is 1.76 bits per heavy atom. The van der Waals surface area contributed by atoms with Gasteiger partial charge in [0, 0.05) is 25.7 Å². The summed E-state index contributed by atoms with van der Waals surface area (Å²) in [6, 6.07) is 7.37. The van der Waals surface area contributed by atoms with Crippen LogP contribution in [0.2, 0.25) is 0 Å². The molecule has 0 bridgehead atoms. The summed E-state index contributed by atoms with van der Waals surface area (Å²) in [5, 5.41) is 2.71. The van der Waals surface area contributed by atoms with Gasteiger partial charge in [0.25, 0.3) is 0 Å². The van der Waals surface area contributed by atoms with Gasteiger partial charge in [-0.05, 0) is 31.5 Å². The third kappa shape index (κ3) is 4.56. The van der Waals surface area contributed by atoms with Crippen molar-refractivity contribution in [3.8, 4) is 0 Å². The Balaban J connectivity index is 1.94. The van der Waals surface area contributed by atoms with Crippen molar-refractivity contribution in [1.82, 2.24) is 4.90 Å². The molecule has 2 atom stereocenters. The third-order valence-electron chi connectivity index (χ3n) is 3.40. The van der Waals surface area contributed by atoms with E-state index in [1.54, 1.807) is 0 Å². The van der Waals surface area contributed by atoms with Crippen LogP contribution in [-0.4, -0.2) is 42.0 Å². The minimum absolute atomic E-state index is 0.0832. The summed E-state index contributed by atoms with van der Waals surface area (Å²) < 4.78 is 5.64. The van der Waals surface area contributed by atoms with Crippen LogP contribution in [0, 0.1) is 0 Å². The van der Waals surface area contributed by atoms with E-state index in [0.29, 0.717) is 19.5 Å². The number of hydrogen-bond donors (Lipinski definition) is 1. The van der Waals surface area contributed by atoms with Crippen molar-refractivity contribution in [2.75, 3.05) is 18.4 Å². The van der Waals surface area contributed by atoms with E-state index in [1.165, 1.54) is 6.92 Å². The van der Waals surface area contributed by atoms with E-state index in [2.05, 4.69) is 5.32 Å². The van der Waals surface area contributed by atoms with E-state index in [9.17, 15) is 9.59 Å². The SMILES string of the molecule is CC(=O)Nc1ccc(CC(=O)N2C[C@@H](C)O[C@H](C)C2)cc1. The molecule has 0 spiro atoms. The fraction of sp³-hybridized carbons (Fsp3) is 0.500. The molecule has 1 aromatic rings. The Bertz CT molecular complexity index is 503. The first-order valence-corrected chi connectivity index (χ1v) is 7.24. The van der Waals surface area contributed by atoms with Crippen LogP contribution in [-0.2, 0) is 20.7 Å². The lowest BCUT2D eigenvalue weighted by molar-refractivity contribution is -0.142. The molecule has 0 unspecified atom stereocenters. The van der Waals surface area contributed by atoms with Crippen LogP contribution in [0.3, 0.4) is 0 Å². The Hall–Kier alpha value is -1.88. The Kier molecular flexibility index (Phi) is 4.96. The summed E-state index contributed by atoms with van der Waals surface area (Å²) >= 11 is 0. The summed E-state index contributed by atoms with van der Waals surface area (Å²) in [4.78, 5) is 25.1. The first-order chi connectivity index (χ1) is 9.94. The summed E-state index contributed by atoms with van der Waals surface area (Å²) in [6.45, 7) is 6.73. The van der Waals surface area contributed by atoms with Gasteiger partial charge in [0.15, 0.2) is 0 Å². The molecule has 2 rings (SSSR count). The van der Waals surface area contributed by atoms with Gasteiger partial charge in [-0.1, -0.05) is 12.1 Å². The van der Waals surface area contributed by atoms with Crippen LogP contribution in [0.15, 0.2) is 24.3 Å². The highest BCUT2D eigenvalue weighted by Crippen LogP contribution is 2.14. The number of amides is 2. The summed E-state index contributed by atoms with van der Waals surface area (Å²) in [5.41, 5.74) is 1.69. The number of anilines is 1. The zero-order valence-corrected chi connectivity index (χ0v) is 12.8. The highest BCUT2D eigenvalue weighted by Gasteiger charge is 2.25. The number of hydrogen-bond acceptors (Lipinski definition) is 3. The van der Waals surface area contributed by atoms with Crippen LogP contribution in [0.4, 0.5) is 5.69 Å². The zero-order valence-electron chi connectivity index (χ0n) is 12.8. The number of ether oxygens (including phenoxy) is 1. The number of nitrogens with zero attached hydrogens (tertiary/aromatic N) is 1. The maximum absolute atomic E-state index is 12.3. The van der Waals surface area contributed by atoms with Gasteiger partial charge in [-0.2, -0.15) is 0 Å². The van der Waals surface area contributed by atoms with E-state index in [0.717, 1.165) is 11.3 Å². The minimum atomic E-state index is -0.102. The molecule has 1 heterocycles. The number of nitrogens with one attached hydrogen (secondary N) is 1. The molecule has 1 N–H and O–H groups in total. The lowest BCUT2D eigenvalue weighted by atomic mass is 10.1. The molecule has 5 nitrogen and oxygen atoms in total. The van der Waals surface area contributed by atoms with E-state index in [1.807, 2.05) is 43.0 Å². The first kappa shape index (κ1) is 15.5. The van der Waals surface area contributed by atoms with E-state index in [-0.39, 0.29) is 24.0 Å². The second-order valence-electron chi connectivity index (χ2n) is 5.61. The quantitative estimate of drug-likeness (QED) is 0.924. The van der Waals surface area contributed by atoms with Crippen molar-refractivity contribution in [3.05, 3.63) is 29.8 Å². The molecule has 0 radical (unpaired) electrons.